The van der Waals surface area contributed by atoms with Gasteiger partial charge in [-0.25, -0.2) is 0 Å². The Bertz CT molecular complexity index is 847. The number of halogens is 2. The van der Waals surface area contributed by atoms with Crippen LogP contribution in [0.5, 0.6) is 0 Å². The summed E-state index contributed by atoms with van der Waals surface area (Å²) in [6, 6.07) is 17.7. The van der Waals surface area contributed by atoms with Crippen LogP contribution in [-0.2, 0) is 29.7 Å². The second-order valence-corrected chi connectivity index (χ2v) is 18.7. The van der Waals surface area contributed by atoms with Crippen molar-refractivity contribution in [3.8, 4) is 0 Å². The van der Waals surface area contributed by atoms with Gasteiger partial charge in [0.15, 0.2) is 0 Å². The first-order valence-electron chi connectivity index (χ1n) is 8.97. The van der Waals surface area contributed by atoms with Crippen molar-refractivity contribution in [1.82, 2.24) is 0 Å². The Morgan fingerprint density at radius 2 is 1.11 bits per heavy atom. The fourth-order valence-corrected chi connectivity index (χ4v) is 21.7. The second kappa shape index (κ2) is 7.78. The Kier molecular flexibility index (Phi) is 5.97. The summed E-state index contributed by atoms with van der Waals surface area (Å²) in [6.07, 6.45) is 4.54. The molecule has 3 aliphatic rings. The number of ether oxygens (including phenoxy) is 2. The molecule has 2 aromatic carbocycles. The van der Waals surface area contributed by atoms with Gasteiger partial charge in [-0.05, 0) is 0 Å². The van der Waals surface area contributed by atoms with Crippen LogP contribution in [0, 0.1) is 0 Å². The van der Waals surface area contributed by atoms with Crippen LogP contribution in [0.2, 0.25) is 8.26 Å². The van der Waals surface area contributed by atoms with Crippen molar-refractivity contribution < 1.29 is 54.6 Å². The van der Waals surface area contributed by atoms with Gasteiger partial charge in [-0.2, -0.15) is 0 Å². The molecule has 0 spiro atoms. The van der Waals surface area contributed by atoms with Crippen molar-refractivity contribution in [3.63, 3.8) is 0 Å². The Morgan fingerprint density at radius 1 is 0.704 bits per heavy atom. The molecule has 140 valence electrons. The van der Waals surface area contributed by atoms with Crippen LogP contribution < -0.4 is 24.8 Å². The minimum Gasteiger partial charge on any atom is -1.00 e. The van der Waals surface area contributed by atoms with Gasteiger partial charge in [0.1, 0.15) is 0 Å². The van der Waals surface area contributed by atoms with E-state index in [2.05, 4.69) is 60.7 Å². The summed E-state index contributed by atoms with van der Waals surface area (Å²) >= 11 is -2.57. The first kappa shape index (κ1) is 20.7. The summed E-state index contributed by atoms with van der Waals surface area (Å²) in [4.78, 5) is 0. The molecule has 1 saturated heterocycles. The minimum atomic E-state index is -2.57. The third-order valence-electron chi connectivity index (χ3n) is 6.23. The van der Waals surface area contributed by atoms with Crippen molar-refractivity contribution >= 4 is 12.2 Å². The van der Waals surface area contributed by atoms with Gasteiger partial charge in [0.2, 0.25) is 0 Å². The van der Waals surface area contributed by atoms with E-state index in [4.69, 9.17) is 9.47 Å². The van der Waals surface area contributed by atoms with E-state index in [0.717, 1.165) is 0 Å². The Labute approximate surface area is 177 Å². The van der Waals surface area contributed by atoms with Gasteiger partial charge in [-0.15, -0.1) is 0 Å². The average Bonchev–Trinajstić information content (AvgIpc) is 3.20. The Hall–Kier alpha value is -1.02. The Morgan fingerprint density at radius 3 is 1.48 bits per heavy atom. The topological polar surface area (TPSA) is 18.5 Å². The number of hydrogen-bond acceptors (Lipinski definition) is 2. The SMILES string of the molecule is COC1=Cc2ccccc2[CH]1[Zr+2]1([CH]2C(OC)=Cc3ccccc32)[CH2][CH2]1.[Cl-].[Cl-]. The third-order valence-corrected chi connectivity index (χ3v) is 18.9. The van der Waals surface area contributed by atoms with Gasteiger partial charge >= 0.3 is 154 Å². The van der Waals surface area contributed by atoms with E-state index in [9.17, 15) is 0 Å². The molecular weight excluding hydrogens is 458 g/mol. The predicted octanol–water partition coefficient (Wildman–Crippen LogP) is -0.517. The molecule has 2 unspecified atom stereocenters. The summed E-state index contributed by atoms with van der Waals surface area (Å²) < 4.78 is 15.7. The molecule has 0 aromatic heterocycles. The van der Waals surface area contributed by atoms with Crippen molar-refractivity contribution in [2.45, 2.75) is 15.5 Å². The summed E-state index contributed by atoms with van der Waals surface area (Å²) in [6.45, 7) is 0. The molecule has 0 radical (unpaired) electrons. The number of allylic oxidation sites excluding steroid dienone is 2. The fourth-order valence-electron chi connectivity index (χ4n) is 5.02. The van der Waals surface area contributed by atoms with Crippen molar-refractivity contribution in [3.05, 3.63) is 82.3 Å². The largest absolute Gasteiger partial charge is 1.00 e. The first-order chi connectivity index (χ1) is 12.3. The maximum atomic E-state index is 5.90. The molecule has 0 bridgehead atoms. The molecule has 2 atom stereocenters. The molecule has 1 heterocycles. The number of benzene rings is 2. The summed E-state index contributed by atoms with van der Waals surface area (Å²) in [5.74, 6) is 2.38. The van der Waals surface area contributed by atoms with Crippen LogP contribution in [0.25, 0.3) is 12.2 Å². The van der Waals surface area contributed by atoms with Gasteiger partial charge < -0.3 is 24.8 Å². The predicted molar refractivity (Wildman–Crippen MR) is 98.0 cm³/mol. The first-order valence-corrected chi connectivity index (χ1v) is 15.3. The van der Waals surface area contributed by atoms with Crippen LogP contribution in [0.4, 0.5) is 0 Å². The smallest absolute Gasteiger partial charge is 1.00 e. The molecule has 0 amide bonds. The van der Waals surface area contributed by atoms with Crippen molar-refractivity contribution in [2.75, 3.05) is 14.2 Å². The molecule has 0 saturated carbocycles. The van der Waals surface area contributed by atoms with E-state index in [1.807, 2.05) is 14.2 Å². The maximum Gasteiger partial charge on any atom is -1.00 e. The normalized spacial score (nSPS) is 21.9. The van der Waals surface area contributed by atoms with Gasteiger partial charge in [0.25, 0.3) is 0 Å². The monoisotopic (exact) mass is 478 g/mol. The standard InChI is InChI=1S/2C10H9O.C2H4.2ClH.Zr/c2*1-11-10-6-8-4-2-3-5-9(8)7-10;1-2;;;/h2*2-7H,1H3;1-2H2;2*1H;/q;;;;;+2/p-2. The fraction of sp³-hybridized carbons (Fsp3) is 0.273. The van der Waals surface area contributed by atoms with Crippen molar-refractivity contribution in [2.24, 2.45) is 0 Å². The van der Waals surface area contributed by atoms with E-state index in [-0.39, 0.29) is 24.8 Å². The molecule has 2 aliphatic carbocycles. The quantitative estimate of drug-likeness (QED) is 0.587. The minimum absolute atomic E-state index is 0. The van der Waals surface area contributed by atoms with Crippen LogP contribution in [0.15, 0.2) is 60.0 Å². The Balaban J connectivity index is 0.00000105. The van der Waals surface area contributed by atoms with Crippen LogP contribution in [0.3, 0.4) is 0 Å². The molecule has 5 heteroatoms. The summed E-state index contributed by atoms with van der Waals surface area (Å²) in [5.41, 5.74) is 5.68. The van der Waals surface area contributed by atoms with E-state index >= 15 is 0 Å². The molecular formula is C22H22Cl2O2Zr. The average molecular weight is 481 g/mol. The number of rotatable bonds is 4. The van der Waals surface area contributed by atoms with Gasteiger partial charge in [0, 0.05) is 0 Å². The van der Waals surface area contributed by atoms with Crippen LogP contribution in [-0.4, -0.2) is 14.2 Å². The number of hydrogen-bond donors (Lipinski definition) is 0. The number of fused-ring (bicyclic) bond motifs is 2. The molecule has 5 rings (SSSR count). The summed E-state index contributed by atoms with van der Waals surface area (Å²) in [5, 5.41) is 0. The molecule has 2 nitrogen and oxygen atoms in total. The van der Waals surface area contributed by atoms with E-state index in [1.165, 1.54) is 42.0 Å². The zero-order valence-corrected chi connectivity index (χ0v) is 19.4. The number of methoxy groups -OCH3 is 2. The third kappa shape index (κ3) is 3.03. The second-order valence-electron chi connectivity index (χ2n) is 7.36. The van der Waals surface area contributed by atoms with Gasteiger partial charge in [0.05, 0.1) is 0 Å². The zero-order valence-electron chi connectivity index (χ0n) is 15.4. The van der Waals surface area contributed by atoms with Crippen LogP contribution >= 0.6 is 0 Å². The van der Waals surface area contributed by atoms with E-state index in [1.54, 1.807) is 0 Å². The molecule has 0 N–H and O–H groups in total. The van der Waals surface area contributed by atoms with Crippen LogP contribution in [0.1, 0.15) is 29.5 Å². The van der Waals surface area contributed by atoms with Gasteiger partial charge in [-0.3, -0.25) is 0 Å². The molecule has 1 fully saturated rings. The maximum absolute atomic E-state index is 5.90. The van der Waals surface area contributed by atoms with Crippen molar-refractivity contribution in [1.29, 1.82) is 0 Å². The molecule has 27 heavy (non-hydrogen) atoms. The van der Waals surface area contributed by atoms with E-state index < -0.39 is 20.3 Å². The molecule has 2 aromatic rings. The van der Waals surface area contributed by atoms with E-state index in [0.29, 0.717) is 7.25 Å². The van der Waals surface area contributed by atoms with Gasteiger partial charge in [-0.1, -0.05) is 0 Å². The summed E-state index contributed by atoms with van der Waals surface area (Å²) in [7, 11) is 3.67. The zero-order chi connectivity index (χ0) is 17.0. The molecule has 1 aliphatic heterocycles.